The SMILES string of the molecule is COc1ccc([C@@H]2Oc3ccc(Br)cc3[C@H]3CC(c4cccc(OC)c4)=NN32)cc1. The predicted octanol–water partition coefficient (Wildman–Crippen LogP) is 5.71. The van der Waals surface area contributed by atoms with Crippen molar-refractivity contribution in [1.29, 1.82) is 0 Å². The summed E-state index contributed by atoms with van der Waals surface area (Å²) in [6, 6.07) is 22.3. The van der Waals surface area contributed by atoms with Crippen LogP contribution < -0.4 is 14.2 Å². The van der Waals surface area contributed by atoms with Gasteiger partial charge in [-0.15, -0.1) is 0 Å². The van der Waals surface area contributed by atoms with Gasteiger partial charge >= 0.3 is 0 Å². The second-order valence-corrected chi connectivity index (χ2v) is 8.22. The third-order valence-electron chi connectivity index (χ3n) is 5.56. The molecule has 0 radical (unpaired) electrons. The quantitative estimate of drug-likeness (QED) is 0.495. The Balaban J connectivity index is 1.58. The van der Waals surface area contributed by atoms with Crippen LogP contribution in [0.2, 0.25) is 0 Å². The summed E-state index contributed by atoms with van der Waals surface area (Å²) < 4.78 is 18.2. The van der Waals surface area contributed by atoms with Gasteiger partial charge in [0.1, 0.15) is 17.2 Å². The molecule has 2 aliphatic rings. The van der Waals surface area contributed by atoms with Crippen LogP contribution in [0, 0.1) is 0 Å². The Hall–Kier alpha value is -2.99. The van der Waals surface area contributed by atoms with E-state index in [2.05, 4.69) is 33.1 Å². The van der Waals surface area contributed by atoms with E-state index in [0.29, 0.717) is 0 Å². The van der Waals surface area contributed by atoms with Crippen molar-refractivity contribution in [2.45, 2.75) is 18.7 Å². The maximum absolute atomic E-state index is 6.42. The van der Waals surface area contributed by atoms with Gasteiger partial charge in [-0.2, -0.15) is 5.10 Å². The molecule has 0 saturated heterocycles. The van der Waals surface area contributed by atoms with E-state index >= 15 is 0 Å². The number of nitrogens with zero attached hydrogens (tertiary/aromatic N) is 2. The molecule has 2 heterocycles. The molecule has 0 saturated carbocycles. The van der Waals surface area contributed by atoms with Gasteiger partial charge in [-0.1, -0.05) is 28.1 Å². The number of halogens is 1. The number of rotatable bonds is 4. The number of ether oxygens (including phenoxy) is 3. The first-order valence-corrected chi connectivity index (χ1v) is 10.6. The van der Waals surface area contributed by atoms with Crippen LogP contribution in [-0.2, 0) is 0 Å². The first kappa shape index (κ1) is 19.0. The van der Waals surface area contributed by atoms with Gasteiger partial charge in [0.05, 0.1) is 26.0 Å². The Labute approximate surface area is 184 Å². The van der Waals surface area contributed by atoms with Crippen LogP contribution in [0.5, 0.6) is 17.2 Å². The van der Waals surface area contributed by atoms with Gasteiger partial charge in [0, 0.05) is 27.6 Å². The van der Waals surface area contributed by atoms with Crippen LogP contribution in [0.15, 0.2) is 76.3 Å². The van der Waals surface area contributed by atoms with Crippen molar-refractivity contribution < 1.29 is 14.2 Å². The Morgan fingerprint density at radius 3 is 2.53 bits per heavy atom. The number of hydrazone groups is 1. The molecule has 0 bridgehead atoms. The summed E-state index contributed by atoms with van der Waals surface area (Å²) >= 11 is 3.60. The highest BCUT2D eigenvalue weighted by atomic mass is 79.9. The Morgan fingerprint density at radius 2 is 1.77 bits per heavy atom. The molecule has 0 fully saturated rings. The van der Waals surface area contributed by atoms with Gasteiger partial charge in [-0.05, 0) is 54.6 Å². The van der Waals surface area contributed by atoms with Gasteiger partial charge < -0.3 is 14.2 Å². The third-order valence-corrected chi connectivity index (χ3v) is 6.05. The summed E-state index contributed by atoms with van der Waals surface area (Å²) in [4.78, 5) is 0. The lowest BCUT2D eigenvalue weighted by atomic mass is 9.96. The van der Waals surface area contributed by atoms with E-state index in [0.717, 1.165) is 50.5 Å². The molecular weight excluding hydrogens is 444 g/mol. The standard InChI is InChI=1S/C24H21BrN2O3/c1-28-18-9-6-15(7-10-18)24-27-22(20-13-17(25)8-11-23(20)30-24)14-21(26-27)16-4-3-5-19(12-16)29-2/h3-13,22,24H,14H2,1-2H3/t22-,24+/m1/s1. The number of benzene rings is 3. The maximum atomic E-state index is 6.42. The molecule has 3 aromatic rings. The fourth-order valence-corrected chi connectivity index (χ4v) is 4.40. The molecular formula is C24H21BrN2O3. The normalized spacial score (nSPS) is 19.4. The number of fused-ring (bicyclic) bond motifs is 3. The van der Waals surface area contributed by atoms with Crippen molar-refractivity contribution in [1.82, 2.24) is 5.01 Å². The Morgan fingerprint density at radius 1 is 0.967 bits per heavy atom. The van der Waals surface area contributed by atoms with Crippen molar-refractivity contribution in [3.63, 3.8) is 0 Å². The van der Waals surface area contributed by atoms with Crippen molar-refractivity contribution in [3.05, 3.63) is 87.9 Å². The highest BCUT2D eigenvalue weighted by Crippen LogP contribution is 2.48. The van der Waals surface area contributed by atoms with Gasteiger partial charge in [0.2, 0.25) is 6.23 Å². The summed E-state index contributed by atoms with van der Waals surface area (Å²) in [5, 5.41) is 7.08. The molecule has 0 aliphatic carbocycles. The molecule has 2 atom stereocenters. The van der Waals surface area contributed by atoms with E-state index in [1.165, 1.54) is 0 Å². The molecule has 30 heavy (non-hydrogen) atoms. The van der Waals surface area contributed by atoms with Crippen molar-refractivity contribution >= 4 is 21.6 Å². The number of hydrogen-bond acceptors (Lipinski definition) is 5. The lowest BCUT2D eigenvalue weighted by Gasteiger charge is -2.38. The molecule has 3 aromatic carbocycles. The highest BCUT2D eigenvalue weighted by Gasteiger charge is 2.41. The summed E-state index contributed by atoms with van der Waals surface area (Å²) in [6.45, 7) is 0. The zero-order valence-corrected chi connectivity index (χ0v) is 18.3. The summed E-state index contributed by atoms with van der Waals surface area (Å²) in [5.41, 5.74) is 4.25. The zero-order chi connectivity index (χ0) is 20.7. The lowest BCUT2D eigenvalue weighted by molar-refractivity contribution is -0.0191. The molecule has 0 unspecified atom stereocenters. The monoisotopic (exact) mass is 464 g/mol. The maximum Gasteiger partial charge on any atom is 0.213 e. The van der Waals surface area contributed by atoms with Gasteiger partial charge in [-0.3, -0.25) is 0 Å². The summed E-state index contributed by atoms with van der Waals surface area (Å²) in [6.07, 6.45) is 0.491. The second kappa shape index (κ2) is 7.69. The largest absolute Gasteiger partial charge is 0.497 e. The van der Waals surface area contributed by atoms with Gasteiger partial charge in [0.15, 0.2) is 0 Å². The van der Waals surface area contributed by atoms with Crippen LogP contribution in [0.3, 0.4) is 0 Å². The molecule has 0 N–H and O–H groups in total. The molecule has 2 aliphatic heterocycles. The lowest BCUT2D eigenvalue weighted by Crippen LogP contribution is -2.33. The van der Waals surface area contributed by atoms with Crippen LogP contribution in [0.1, 0.15) is 35.4 Å². The van der Waals surface area contributed by atoms with E-state index in [4.69, 9.17) is 19.3 Å². The van der Waals surface area contributed by atoms with E-state index in [1.54, 1.807) is 14.2 Å². The fraction of sp³-hybridized carbons (Fsp3) is 0.208. The minimum Gasteiger partial charge on any atom is -0.497 e. The molecule has 152 valence electrons. The van der Waals surface area contributed by atoms with Crippen molar-refractivity contribution in [3.8, 4) is 17.2 Å². The Bertz CT molecular complexity index is 1110. The Kier molecular flexibility index (Phi) is 4.87. The van der Waals surface area contributed by atoms with E-state index in [-0.39, 0.29) is 12.3 Å². The van der Waals surface area contributed by atoms with Crippen molar-refractivity contribution in [2.24, 2.45) is 5.10 Å². The van der Waals surface area contributed by atoms with Crippen LogP contribution in [0.25, 0.3) is 0 Å². The molecule has 0 spiro atoms. The highest BCUT2D eigenvalue weighted by molar-refractivity contribution is 9.10. The first-order valence-electron chi connectivity index (χ1n) is 9.76. The fourth-order valence-electron chi connectivity index (χ4n) is 4.02. The topological polar surface area (TPSA) is 43.3 Å². The minimum atomic E-state index is -0.308. The van der Waals surface area contributed by atoms with E-state index in [1.807, 2.05) is 54.6 Å². The minimum absolute atomic E-state index is 0.0968. The van der Waals surface area contributed by atoms with Crippen LogP contribution >= 0.6 is 15.9 Å². The van der Waals surface area contributed by atoms with E-state index in [9.17, 15) is 0 Å². The third kappa shape index (κ3) is 3.31. The molecule has 6 heteroatoms. The van der Waals surface area contributed by atoms with Crippen molar-refractivity contribution in [2.75, 3.05) is 14.2 Å². The zero-order valence-electron chi connectivity index (χ0n) is 16.7. The number of methoxy groups -OCH3 is 2. The van der Waals surface area contributed by atoms with Crippen LogP contribution in [-0.4, -0.2) is 24.9 Å². The van der Waals surface area contributed by atoms with E-state index < -0.39 is 0 Å². The van der Waals surface area contributed by atoms with Gasteiger partial charge in [0.25, 0.3) is 0 Å². The number of hydrogen-bond donors (Lipinski definition) is 0. The molecule has 0 aromatic heterocycles. The summed E-state index contributed by atoms with van der Waals surface area (Å²) in [7, 11) is 3.35. The summed E-state index contributed by atoms with van der Waals surface area (Å²) in [5.74, 6) is 2.53. The molecule has 5 nitrogen and oxygen atoms in total. The smallest absolute Gasteiger partial charge is 0.213 e. The van der Waals surface area contributed by atoms with Gasteiger partial charge in [-0.25, -0.2) is 5.01 Å². The molecule has 5 rings (SSSR count). The second-order valence-electron chi connectivity index (χ2n) is 7.30. The first-order chi connectivity index (χ1) is 14.7. The average molecular weight is 465 g/mol. The molecule has 0 amide bonds. The average Bonchev–Trinajstić information content (AvgIpc) is 3.25. The predicted molar refractivity (Wildman–Crippen MR) is 119 cm³/mol. The van der Waals surface area contributed by atoms with Crippen LogP contribution in [0.4, 0.5) is 0 Å².